The molecule has 0 saturated carbocycles. The van der Waals surface area contributed by atoms with Crippen molar-refractivity contribution in [3.05, 3.63) is 15.6 Å². The summed E-state index contributed by atoms with van der Waals surface area (Å²) < 4.78 is 0. The molecule has 0 fully saturated rings. The molecule has 0 spiro atoms. The van der Waals surface area contributed by atoms with Gasteiger partial charge >= 0.3 is 0 Å². The molecule has 1 heterocycles. The van der Waals surface area contributed by atoms with Crippen LogP contribution in [-0.2, 0) is 11.8 Å². The summed E-state index contributed by atoms with van der Waals surface area (Å²) in [6, 6.07) is 0. The second kappa shape index (κ2) is 3.34. The van der Waals surface area contributed by atoms with Gasteiger partial charge in [0.1, 0.15) is 0 Å². The van der Waals surface area contributed by atoms with Gasteiger partial charge in [0.05, 0.1) is 10.7 Å². The Bertz CT molecular complexity index is 333. The number of aryl methyl sites for hydroxylation is 1. The van der Waals surface area contributed by atoms with E-state index in [0.29, 0.717) is 5.92 Å². The third-order valence-corrected chi connectivity index (χ3v) is 4.43. The minimum absolute atomic E-state index is 0.224. The summed E-state index contributed by atoms with van der Waals surface area (Å²) >= 11 is 1.93. The van der Waals surface area contributed by atoms with Gasteiger partial charge in [-0.15, -0.1) is 11.3 Å². The zero-order valence-corrected chi connectivity index (χ0v) is 10.4. The zero-order valence-electron chi connectivity index (χ0n) is 9.55. The number of rotatable bonds is 0. The number of thiazole rings is 1. The Morgan fingerprint density at radius 1 is 1.36 bits per heavy atom. The minimum atomic E-state index is 0.224. The molecule has 2 heteroatoms. The maximum Gasteiger partial charge on any atom is 0.0984 e. The number of fused-ring (bicyclic) bond motifs is 1. The van der Waals surface area contributed by atoms with Crippen LogP contribution in [-0.4, -0.2) is 4.98 Å². The highest BCUT2D eigenvalue weighted by molar-refractivity contribution is 7.11. The highest BCUT2D eigenvalue weighted by Gasteiger charge is 2.25. The quantitative estimate of drug-likeness (QED) is 0.632. The molecule has 78 valence electrons. The van der Waals surface area contributed by atoms with Gasteiger partial charge < -0.3 is 0 Å². The topological polar surface area (TPSA) is 12.9 Å². The molecule has 0 aliphatic heterocycles. The van der Waals surface area contributed by atoms with E-state index in [1.54, 1.807) is 4.88 Å². The van der Waals surface area contributed by atoms with Crippen LogP contribution in [0.15, 0.2) is 0 Å². The van der Waals surface area contributed by atoms with Crippen LogP contribution >= 0.6 is 11.3 Å². The maximum absolute atomic E-state index is 4.82. The number of aromatic nitrogens is 1. The van der Waals surface area contributed by atoms with E-state index in [1.807, 2.05) is 11.3 Å². The van der Waals surface area contributed by atoms with Crippen molar-refractivity contribution in [1.82, 2.24) is 4.98 Å². The molecule has 2 rings (SSSR count). The Labute approximate surface area is 90.6 Å². The van der Waals surface area contributed by atoms with Crippen molar-refractivity contribution >= 4 is 11.3 Å². The molecule has 0 bridgehead atoms. The normalized spacial score (nSPS) is 22.1. The fourth-order valence-electron chi connectivity index (χ4n) is 1.95. The average molecular weight is 209 g/mol. The summed E-state index contributed by atoms with van der Waals surface area (Å²) in [6.07, 6.45) is 3.92. The first-order chi connectivity index (χ1) is 6.48. The smallest absolute Gasteiger partial charge is 0.0984 e. The standard InChI is InChI=1S/C12H19NS/c1-8-6-5-7-9-10(8)13-11(14-9)12(2,3)4/h8H,5-7H2,1-4H3. The summed E-state index contributed by atoms with van der Waals surface area (Å²) in [5, 5.41) is 1.32. The predicted octanol–water partition coefficient (Wildman–Crippen LogP) is 3.88. The lowest BCUT2D eigenvalue weighted by Gasteiger charge is -2.16. The molecule has 0 amide bonds. The van der Waals surface area contributed by atoms with Crippen molar-refractivity contribution in [2.75, 3.05) is 0 Å². The molecule has 1 aliphatic carbocycles. The summed E-state index contributed by atoms with van der Waals surface area (Å²) in [6.45, 7) is 9.07. The molecular weight excluding hydrogens is 190 g/mol. The van der Waals surface area contributed by atoms with Gasteiger partial charge in [0.25, 0.3) is 0 Å². The maximum atomic E-state index is 4.82. The van der Waals surface area contributed by atoms with E-state index in [0.717, 1.165) is 0 Å². The fraction of sp³-hybridized carbons (Fsp3) is 0.750. The Morgan fingerprint density at radius 2 is 2.07 bits per heavy atom. The van der Waals surface area contributed by atoms with E-state index in [4.69, 9.17) is 4.98 Å². The van der Waals surface area contributed by atoms with Crippen molar-refractivity contribution in [3.8, 4) is 0 Å². The monoisotopic (exact) mass is 209 g/mol. The molecule has 1 aliphatic rings. The minimum Gasteiger partial charge on any atom is -0.245 e. The van der Waals surface area contributed by atoms with Crippen LogP contribution in [0.3, 0.4) is 0 Å². The first-order valence-corrected chi connectivity index (χ1v) is 6.30. The lowest BCUT2D eigenvalue weighted by molar-refractivity contribution is 0.559. The number of hydrogen-bond donors (Lipinski definition) is 0. The van der Waals surface area contributed by atoms with E-state index in [9.17, 15) is 0 Å². The fourth-order valence-corrected chi connectivity index (χ4v) is 3.24. The van der Waals surface area contributed by atoms with Gasteiger partial charge in [-0.2, -0.15) is 0 Å². The first kappa shape index (κ1) is 10.2. The third kappa shape index (κ3) is 1.72. The van der Waals surface area contributed by atoms with Gasteiger partial charge in [-0.05, 0) is 25.2 Å². The Kier molecular flexibility index (Phi) is 2.42. The molecule has 0 saturated heterocycles. The second-order valence-electron chi connectivity index (χ2n) is 5.37. The van der Waals surface area contributed by atoms with E-state index >= 15 is 0 Å². The molecule has 14 heavy (non-hydrogen) atoms. The van der Waals surface area contributed by atoms with Crippen molar-refractivity contribution in [1.29, 1.82) is 0 Å². The van der Waals surface area contributed by atoms with Gasteiger partial charge in [0.2, 0.25) is 0 Å². The van der Waals surface area contributed by atoms with Crippen LogP contribution in [0.4, 0.5) is 0 Å². The average Bonchev–Trinajstić information content (AvgIpc) is 2.48. The molecule has 0 N–H and O–H groups in total. The molecule has 1 aromatic heterocycles. The zero-order chi connectivity index (χ0) is 10.3. The molecule has 1 nitrogen and oxygen atoms in total. The molecule has 1 unspecified atom stereocenters. The highest BCUT2D eigenvalue weighted by Crippen LogP contribution is 2.37. The molecular formula is C12H19NS. The second-order valence-corrected chi connectivity index (χ2v) is 6.45. The number of hydrogen-bond acceptors (Lipinski definition) is 2. The Balaban J connectivity index is 2.40. The van der Waals surface area contributed by atoms with E-state index in [1.165, 1.54) is 30.0 Å². The van der Waals surface area contributed by atoms with Crippen LogP contribution in [0.1, 0.15) is 62.0 Å². The van der Waals surface area contributed by atoms with Crippen LogP contribution < -0.4 is 0 Å². The van der Waals surface area contributed by atoms with E-state index in [-0.39, 0.29) is 5.41 Å². The molecule has 1 aromatic rings. The van der Waals surface area contributed by atoms with Crippen LogP contribution in [0.25, 0.3) is 0 Å². The van der Waals surface area contributed by atoms with Gasteiger partial charge in [0.15, 0.2) is 0 Å². The van der Waals surface area contributed by atoms with Crippen molar-refractivity contribution in [2.45, 2.75) is 58.3 Å². The number of nitrogens with zero attached hydrogens (tertiary/aromatic N) is 1. The molecule has 0 aromatic carbocycles. The molecule has 0 radical (unpaired) electrons. The summed E-state index contributed by atoms with van der Waals surface area (Å²) in [4.78, 5) is 6.37. The van der Waals surface area contributed by atoms with Crippen molar-refractivity contribution in [2.24, 2.45) is 0 Å². The largest absolute Gasteiger partial charge is 0.245 e. The Morgan fingerprint density at radius 3 is 2.64 bits per heavy atom. The SMILES string of the molecule is CC1CCCc2sc(C(C)(C)C)nc21. The van der Waals surface area contributed by atoms with Gasteiger partial charge in [-0.1, -0.05) is 27.7 Å². The van der Waals surface area contributed by atoms with Gasteiger partial charge in [0, 0.05) is 10.3 Å². The Hall–Kier alpha value is -0.370. The van der Waals surface area contributed by atoms with Crippen molar-refractivity contribution in [3.63, 3.8) is 0 Å². The lowest BCUT2D eigenvalue weighted by atomic mass is 9.92. The summed E-state index contributed by atoms with van der Waals surface area (Å²) in [7, 11) is 0. The van der Waals surface area contributed by atoms with E-state index in [2.05, 4.69) is 27.7 Å². The molecule has 1 atom stereocenters. The first-order valence-electron chi connectivity index (χ1n) is 5.48. The third-order valence-electron chi connectivity index (χ3n) is 2.88. The summed E-state index contributed by atoms with van der Waals surface area (Å²) in [5.41, 5.74) is 1.62. The van der Waals surface area contributed by atoms with Crippen LogP contribution in [0.5, 0.6) is 0 Å². The van der Waals surface area contributed by atoms with Crippen molar-refractivity contribution < 1.29 is 0 Å². The van der Waals surface area contributed by atoms with Crippen LogP contribution in [0, 0.1) is 0 Å². The van der Waals surface area contributed by atoms with Gasteiger partial charge in [-0.25, -0.2) is 4.98 Å². The van der Waals surface area contributed by atoms with E-state index < -0.39 is 0 Å². The van der Waals surface area contributed by atoms with Gasteiger partial charge in [-0.3, -0.25) is 0 Å². The summed E-state index contributed by atoms with van der Waals surface area (Å²) in [5.74, 6) is 0.686. The highest BCUT2D eigenvalue weighted by atomic mass is 32.1. The predicted molar refractivity (Wildman–Crippen MR) is 62.2 cm³/mol. The van der Waals surface area contributed by atoms with Crippen LogP contribution in [0.2, 0.25) is 0 Å². The lowest BCUT2D eigenvalue weighted by Crippen LogP contribution is -2.11.